The molecule has 2 aromatic heterocycles. The van der Waals surface area contributed by atoms with Gasteiger partial charge in [-0.3, -0.25) is 19.8 Å². The van der Waals surface area contributed by atoms with Crippen LogP contribution in [0.25, 0.3) is 0 Å². The Bertz CT molecular complexity index is 1190. The predicted octanol–water partition coefficient (Wildman–Crippen LogP) is 0.502. The first-order chi connectivity index (χ1) is 18.2. The minimum absolute atomic E-state index is 0.0532. The number of nitrogens with one attached hydrogen (secondary N) is 3. The fourth-order valence-electron chi connectivity index (χ4n) is 4.21. The van der Waals surface area contributed by atoms with E-state index >= 15 is 0 Å². The first-order valence-corrected chi connectivity index (χ1v) is 12.9. The molecule has 2 aromatic rings. The summed E-state index contributed by atoms with van der Waals surface area (Å²) in [6.45, 7) is 0.920. The smallest absolute Gasteiger partial charge is 0.243 e. The number of likely N-dealkylation sites (tertiary alicyclic amines) is 1. The van der Waals surface area contributed by atoms with Gasteiger partial charge in [-0.05, 0) is 18.6 Å². The molecule has 0 aliphatic carbocycles. The number of thiophene rings is 1. The van der Waals surface area contributed by atoms with E-state index in [1.54, 1.807) is 11.4 Å². The van der Waals surface area contributed by atoms with Gasteiger partial charge >= 0.3 is 0 Å². The molecule has 5 N–H and O–H groups in total. The van der Waals surface area contributed by atoms with Crippen molar-refractivity contribution in [2.45, 2.75) is 37.6 Å². The molecule has 2 aliphatic heterocycles. The number of hydrogen-bond acceptors (Lipinski definition) is 9. The van der Waals surface area contributed by atoms with E-state index < -0.39 is 23.7 Å². The number of nitrogens with zero attached hydrogens (tertiary/aromatic N) is 2. The van der Waals surface area contributed by atoms with Crippen LogP contribution < -0.4 is 21.1 Å². The topological polar surface area (TPSA) is 169 Å². The molecule has 12 nitrogen and oxygen atoms in total. The third-order valence-electron chi connectivity index (χ3n) is 6.08. The number of ether oxygens (including phenoxy) is 3. The summed E-state index contributed by atoms with van der Waals surface area (Å²) in [6, 6.07) is 3.55. The highest BCUT2D eigenvalue weighted by Crippen LogP contribution is 2.35. The number of hydrogen-bond donors (Lipinski definition) is 4. The number of nitrogen functional groups attached to an aromatic ring is 1. The van der Waals surface area contributed by atoms with Crippen molar-refractivity contribution >= 4 is 34.9 Å². The number of amides is 3. The van der Waals surface area contributed by atoms with Gasteiger partial charge in [0, 0.05) is 40.9 Å². The molecule has 0 unspecified atom stereocenters. The lowest BCUT2D eigenvalue weighted by atomic mass is 10.1. The van der Waals surface area contributed by atoms with Crippen LogP contribution in [0.15, 0.2) is 29.8 Å². The molecule has 2 saturated heterocycles. The maximum atomic E-state index is 13.1. The van der Waals surface area contributed by atoms with Gasteiger partial charge in [0.2, 0.25) is 23.7 Å². The second-order valence-corrected chi connectivity index (χ2v) is 9.82. The molecular formula is C24H29FN6O6S. The fraction of sp³-hybridized carbons (Fsp3) is 0.458. The Morgan fingerprint density at radius 2 is 2.08 bits per heavy atom. The molecule has 204 valence electrons. The van der Waals surface area contributed by atoms with Crippen LogP contribution in [-0.4, -0.2) is 78.2 Å². The summed E-state index contributed by atoms with van der Waals surface area (Å²) in [5.41, 5.74) is 6.07. The summed E-state index contributed by atoms with van der Waals surface area (Å²) in [7, 11) is 0. The van der Waals surface area contributed by atoms with Crippen molar-refractivity contribution in [1.29, 1.82) is 5.41 Å². The van der Waals surface area contributed by atoms with E-state index in [1.165, 1.54) is 28.5 Å². The minimum atomic E-state index is -1.05. The normalized spacial score (nSPS) is 17.9. The second-order valence-electron chi connectivity index (χ2n) is 8.83. The Balaban J connectivity index is 1.26. The predicted molar refractivity (Wildman–Crippen MR) is 134 cm³/mol. The highest BCUT2D eigenvalue weighted by Gasteiger charge is 2.52. The van der Waals surface area contributed by atoms with Crippen molar-refractivity contribution in [3.05, 3.63) is 46.2 Å². The number of amidine groups is 1. The van der Waals surface area contributed by atoms with Crippen LogP contribution in [0.3, 0.4) is 0 Å². The summed E-state index contributed by atoms with van der Waals surface area (Å²) in [6.07, 6.45) is 1.92. The zero-order valence-electron chi connectivity index (χ0n) is 20.5. The average molecular weight is 549 g/mol. The van der Waals surface area contributed by atoms with E-state index in [4.69, 9.17) is 25.4 Å². The van der Waals surface area contributed by atoms with Crippen LogP contribution in [0.4, 0.5) is 4.39 Å². The fourth-order valence-corrected chi connectivity index (χ4v) is 5.03. The highest BCUT2D eigenvalue weighted by atomic mass is 32.1. The molecule has 14 heteroatoms. The highest BCUT2D eigenvalue weighted by molar-refractivity contribution is 7.10. The van der Waals surface area contributed by atoms with E-state index in [0.717, 1.165) is 10.9 Å². The van der Waals surface area contributed by atoms with Crippen molar-refractivity contribution < 1.29 is 33.0 Å². The molecule has 0 radical (unpaired) electrons. The van der Waals surface area contributed by atoms with Gasteiger partial charge in [0.1, 0.15) is 17.6 Å². The Kier molecular flexibility index (Phi) is 8.86. The van der Waals surface area contributed by atoms with Gasteiger partial charge in [0.05, 0.1) is 39.5 Å². The van der Waals surface area contributed by atoms with Crippen LogP contribution in [-0.2, 0) is 30.4 Å². The molecule has 1 atom stereocenters. The van der Waals surface area contributed by atoms with E-state index in [0.29, 0.717) is 30.9 Å². The molecule has 2 fully saturated rings. The molecule has 3 amide bonds. The maximum absolute atomic E-state index is 13.1. The van der Waals surface area contributed by atoms with Gasteiger partial charge in [0.25, 0.3) is 0 Å². The molecule has 4 rings (SSSR count). The van der Waals surface area contributed by atoms with E-state index in [9.17, 15) is 18.8 Å². The van der Waals surface area contributed by atoms with Crippen molar-refractivity contribution in [3.63, 3.8) is 0 Å². The third-order valence-corrected chi connectivity index (χ3v) is 7.02. The largest absolute Gasteiger partial charge is 0.493 e. The lowest BCUT2D eigenvalue weighted by Gasteiger charge is -2.24. The van der Waals surface area contributed by atoms with Crippen LogP contribution in [0.2, 0.25) is 0 Å². The minimum Gasteiger partial charge on any atom is -0.493 e. The standard InChI is InChI=1S/C24H29FN6O6S/c25-19-9-16(3-4-28-19)35-5-1-2-20(32)29-12-21(33)31-14-24(36-6-7-37-24)10-18(31)23(34)30-11-17-8-15(13-38-17)22(26)27/h3-4,8-9,13,18H,1-2,5-7,10-12,14H2,(H3,26,27)(H,29,32)(H,30,34)/t18-/m0/s1. The summed E-state index contributed by atoms with van der Waals surface area (Å²) in [4.78, 5) is 44.0. The quantitative estimate of drug-likeness (QED) is 0.136. The van der Waals surface area contributed by atoms with Crippen molar-refractivity contribution in [2.24, 2.45) is 5.73 Å². The lowest BCUT2D eigenvalue weighted by Crippen LogP contribution is -2.49. The lowest BCUT2D eigenvalue weighted by molar-refractivity contribution is -0.152. The Morgan fingerprint density at radius 3 is 2.79 bits per heavy atom. The van der Waals surface area contributed by atoms with E-state index in [1.807, 2.05) is 0 Å². The van der Waals surface area contributed by atoms with Crippen LogP contribution in [0.5, 0.6) is 5.75 Å². The van der Waals surface area contributed by atoms with Crippen LogP contribution >= 0.6 is 11.3 Å². The zero-order valence-corrected chi connectivity index (χ0v) is 21.4. The molecule has 0 aromatic carbocycles. The van der Waals surface area contributed by atoms with Gasteiger partial charge in [-0.2, -0.15) is 4.39 Å². The second kappa shape index (κ2) is 12.3. The summed E-state index contributed by atoms with van der Waals surface area (Å²) in [5.74, 6) is -2.61. The number of pyridine rings is 1. The van der Waals surface area contributed by atoms with Gasteiger partial charge in [0.15, 0.2) is 5.79 Å². The molecule has 2 aliphatic rings. The Hall–Kier alpha value is -3.62. The zero-order chi connectivity index (χ0) is 27.1. The average Bonchev–Trinajstić information content (AvgIpc) is 3.64. The van der Waals surface area contributed by atoms with Gasteiger partial charge < -0.3 is 35.5 Å². The van der Waals surface area contributed by atoms with E-state index in [2.05, 4.69) is 15.6 Å². The Morgan fingerprint density at radius 1 is 1.29 bits per heavy atom. The number of halogens is 1. The van der Waals surface area contributed by atoms with Gasteiger partial charge in [-0.15, -0.1) is 11.3 Å². The van der Waals surface area contributed by atoms with E-state index in [-0.39, 0.29) is 56.7 Å². The summed E-state index contributed by atoms with van der Waals surface area (Å²) < 4.78 is 29.9. The maximum Gasteiger partial charge on any atom is 0.243 e. The molecule has 0 saturated carbocycles. The molecule has 38 heavy (non-hydrogen) atoms. The van der Waals surface area contributed by atoms with Crippen molar-refractivity contribution in [2.75, 3.05) is 32.9 Å². The monoisotopic (exact) mass is 548 g/mol. The molecule has 0 bridgehead atoms. The van der Waals surface area contributed by atoms with Gasteiger partial charge in [-0.1, -0.05) is 0 Å². The number of carbonyl (C=O) groups excluding carboxylic acids is 3. The van der Waals surface area contributed by atoms with Crippen molar-refractivity contribution in [1.82, 2.24) is 20.5 Å². The SMILES string of the molecule is N=C(N)c1csc(CNC(=O)[C@@H]2CC3(CN2C(=O)CNC(=O)CCCOc2ccnc(F)c2)OCCO3)c1. The number of nitrogens with two attached hydrogens (primary N) is 1. The molecule has 1 spiro atoms. The van der Waals surface area contributed by atoms with Crippen LogP contribution in [0.1, 0.15) is 29.7 Å². The van der Waals surface area contributed by atoms with Gasteiger partial charge in [-0.25, -0.2) is 4.98 Å². The Labute approximate surface area is 222 Å². The molecular weight excluding hydrogens is 519 g/mol. The van der Waals surface area contributed by atoms with Crippen LogP contribution in [0, 0.1) is 11.4 Å². The number of rotatable bonds is 11. The number of carbonyl (C=O) groups is 3. The van der Waals surface area contributed by atoms with Crippen molar-refractivity contribution in [3.8, 4) is 5.75 Å². The third kappa shape index (κ3) is 7.02. The first-order valence-electron chi connectivity index (χ1n) is 12.0. The summed E-state index contributed by atoms with van der Waals surface area (Å²) in [5, 5.41) is 14.6. The summed E-state index contributed by atoms with van der Waals surface area (Å²) >= 11 is 1.37. The number of aromatic nitrogens is 1. The molecule has 4 heterocycles. The first kappa shape index (κ1) is 27.4.